The zero-order valence-corrected chi connectivity index (χ0v) is 6.49. The van der Waals surface area contributed by atoms with Gasteiger partial charge in [0.15, 0.2) is 0 Å². The van der Waals surface area contributed by atoms with Gasteiger partial charge in [-0.3, -0.25) is 9.71 Å². The van der Waals surface area contributed by atoms with Gasteiger partial charge in [-0.15, -0.1) is 0 Å². The van der Waals surface area contributed by atoms with Gasteiger partial charge in [0.1, 0.15) is 5.84 Å². The summed E-state index contributed by atoms with van der Waals surface area (Å²) in [6, 6.07) is 0. The van der Waals surface area contributed by atoms with Gasteiger partial charge < -0.3 is 0 Å². The third-order valence-corrected chi connectivity index (χ3v) is 1.33. The quantitative estimate of drug-likeness (QED) is 0.408. The van der Waals surface area contributed by atoms with Gasteiger partial charge in [-0.05, 0) is 6.92 Å². The molecule has 0 unspecified atom stereocenters. The number of rotatable bonds is 1. The zero-order valence-electron chi connectivity index (χ0n) is 5.67. The Morgan fingerprint density at radius 2 is 2.00 bits per heavy atom. The molecule has 54 valence electrons. The molecule has 5 heteroatoms. The highest BCUT2D eigenvalue weighted by molar-refractivity contribution is 7.89. The molecule has 0 heterocycles. The van der Waals surface area contributed by atoms with Crippen LogP contribution in [-0.4, -0.2) is 27.6 Å². The van der Waals surface area contributed by atoms with Gasteiger partial charge in [0.25, 0.3) is 0 Å². The highest BCUT2D eigenvalue weighted by Gasteiger charge is 1.98. The van der Waals surface area contributed by atoms with E-state index < -0.39 is 10.0 Å². The van der Waals surface area contributed by atoms with Gasteiger partial charge in [-0.2, -0.15) is 0 Å². The van der Waals surface area contributed by atoms with Crippen molar-refractivity contribution in [3.63, 3.8) is 0 Å². The molecule has 0 aliphatic carbocycles. The molecule has 4 nitrogen and oxygen atoms in total. The van der Waals surface area contributed by atoms with Crippen LogP contribution in [0.1, 0.15) is 6.92 Å². The average Bonchev–Trinajstić information content (AvgIpc) is 1.62. The van der Waals surface area contributed by atoms with Gasteiger partial charge in [-0.25, -0.2) is 8.42 Å². The summed E-state index contributed by atoms with van der Waals surface area (Å²) in [6.45, 7) is 1.58. The van der Waals surface area contributed by atoms with E-state index in [1.807, 2.05) is 0 Å². The Hall–Kier alpha value is -0.580. The van der Waals surface area contributed by atoms with Gasteiger partial charge in [0.05, 0.1) is 6.26 Å². The van der Waals surface area contributed by atoms with Crippen LogP contribution < -0.4 is 4.72 Å². The minimum atomic E-state index is -3.12. The normalized spacial score (nSPS) is 13.4. The Morgan fingerprint density at radius 3 is 2.11 bits per heavy atom. The smallest absolute Gasteiger partial charge is 0.230 e. The molecule has 1 N–H and O–H groups in total. The molecule has 0 amide bonds. The molecule has 0 atom stereocenters. The van der Waals surface area contributed by atoms with Crippen LogP contribution in [0.3, 0.4) is 0 Å². The molecule has 0 aliphatic rings. The third-order valence-electron chi connectivity index (χ3n) is 0.669. The first kappa shape index (κ1) is 8.42. The highest BCUT2D eigenvalue weighted by Crippen LogP contribution is 1.74. The Bertz CT molecular complexity index is 205. The molecule has 0 spiro atoms. The lowest BCUT2D eigenvalue weighted by molar-refractivity contribution is 0.598. The molecular weight excluding hydrogens is 140 g/mol. The van der Waals surface area contributed by atoms with E-state index in [-0.39, 0.29) is 0 Å². The maximum Gasteiger partial charge on any atom is 0.230 e. The van der Waals surface area contributed by atoms with Crippen molar-refractivity contribution in [2.75, 3.05) is 13.3 Å². The second kappa shape index (κ2) is 2.82. The van der Waals surface area contributed by atoms with Crippen molar-refractivity contribution in [1.29, 1.82) is 0 Å². The van der Waals surface area contributed by atoms with Gasteiger partial charge in [0, 0.05) is 7.05 Å². The molecule has 0 saturated heterocycles. The largest absolute Gasteiger partial charge is 0.275 e. The molecule has 0 bridgehead atoms. The fourth-order valence-corrected chi connectivity index (χ4v) is 0.942. The molecular formula is C4H10N2O2S. The van der Waals surface area contributed by atoms with Crippen molar-refractivity contribution < 1.29 is 8.42 Å². The number of nitrogens with one attached hydrogen (secondary N) is 1. The average molecular weight is 150 g/mol. The van der Waals surface area contributed by atoms with Crippen molar-refractivity contribution in [2.45, 2.75) is 6.92 Å². The van der Waals surface area contributed by atoms with Crippen LogP contribution in [0.25, 0.3) is 0 Å². The monoisotopic (exact) mass is 150 g/mol. The molecule has 0 aromatic carbocycles. The molecule has 0 saturated carbocycles. The standard InChI is InChI=1S/C4H10N2O2S/c1-4(5-2)6-9(3,7)8/h1-3H3,(H,5,6). The summed E-state index contributed by atoms with van der Waals surface area (Å²) in [6.07, 6.45) is 1.08. The summed E-state index contributed by atoms with van der Waals surface area (Å²) in [5.41, 5.74) is 0. The van der Waals surface area contributed by atoms with E-state index in [0.29, 0.717) is 5.84 Å². The van der Waals surface area contributed by atoms with E-state index in [1.165, 1.54) is 7.05 Å². The minimum Gasteiger partial charge on any atom is -0.275 e. The molecule has 9 heavy (non-hydrogen) atoms. The van der Waals surface area contributed by atoms with Crippen LogP contribution in [0.2, 0.25) is 0 Å². The first-order valence-corrected chi connectivity index (χ1v) is 4.26. The maximum absolute atomic E-state index is 10.4. The lowest BCUT2D eigenvalue weighted by atomic mass is 10.7. The van der Waals surface area contributed by atoms with Crippen LogP contribution >= 0.6 is 0 Å². The van der Waals surface area contributed by atoms with E-state index in [4.69, 9.17) is 0 Å². The van der Waals surface area contributed by atoms with Crippen LogP contribution in [0.5, 0.6) is 0 Å². The highest BCUT2D eigenvalue weighted by atomic mass is 32.2. The Labute approximate surface area is 55.0 Å². The zero-order chi connectivity index (χ0) is 7.49. The first-order valence-electron chi connectivity index (χ1n) is 2.37. The van der Waals surface area contributed by atoms with Crippen LogP contribution in [0.15, 0.2) is 4.99 Å². The fourth-order valence-electron chi connectivity index (χ4n) is 0.314. The summed E-state index contributed by atoms with van der Waals surface area (Å²) in [5, 5.41) is 0. The van der Waals surface area contributed by atoms with Crippen molar-refractivity contribution in [3.8, 4) is 0 Å². The topological polar surface area (TPSA) is 58.5 Å². The van der Waals surface area contributed by atoms with E-state index in [0.717, 1.165) is 6.26 Å². The predicted octanol–water partition coefficient (Wildman–Crippen LogP) is -0.416. The van der Waals surface area contributed by atoms with Gasteiger partial charge >= 0.3 is 0 Å². The van der Waals surface area contributed by atoms with Gasteiger partial charge in [0.2, 0.25) is 10.0 Å². The summed E-state index contributed by atoms with van der Waals surface area (Å²) >= 11 is 0. The first-order chi connectivity index (χ1) is 3.95. The number of hydrogen-bond acceptors (Lipinski definition) is 3. The lowest BCUT2D eigenvalue weighted by Crippen LogP contribution is -2.26. The number of sulfonamides is 1. The van der Waals surface area contributed by atoms with E-state index >= 15 is 0 Å². The summed E-state index contributed by atoms with van der Waals surface area (Å²) in [5.74, 6) is 0.400. The number of aliphatic imine (C=N–C) groups is 1. The lowest BCUT2D eigenvalue weighted by Gasteiger charge is -1.98. The Kier molecular flexibility index (Phi) is 2.64. The SMILES string of the molecule is CN=C(C)NS(C)(=O)=O. The van der Waals surface area contributed by atoms with Crippen LogP contribution in [-0.2, 0) is 10.0 Å². The molecule has 0 aromatic rings. The number of amidine groups is 1. The fraction of sp³-hybridized carbons (Fsp3) is 0.750. The van der Waals surface area contributed by atoms with E-state index in [9.17, 15) is 8.42 Å². The second-order valence-electron chi connectivity index (χ2n) is 1.68. The molecule has 0 rings (SSSR count). The Morgan fingerprint density at radius 1 is 1.56 bits per heavy atom. The van der Waals surface area contributed by atoms with Gasteiger partial charge in [-0.1, -0.05) is 0 Å². The van der Waals surface area contributed by atoms with Crippen molar-refractivity contribution in [1.82, 2.24) is 4.72 Å². The summed E-state index contributed by atoms with van der Waals surface area (Å²) in [4.78, 5) is 3.60. The van der Waals surface area contributed by atoms with Crippen LogP contribution in [0, 0.1) is 0 Å². The summed E-state index contributed by atoms with van der Waals surface area (Å²) < 4.78 is 23.0. The Balaban J connectivity index is 4.07. The third kappa shape index (κ3) is 5.29. The molecule has 0 fully saturated rings. The number of hydrogen-bond donors (Lipinski definition) is 1. The van der Waals surface area contributed by atoms with Crippen molar-refractivity contribution in [3.05, 3.63) is 0 Å². The van der Waals surface area contributed by atoms with Crippen molar-refractivity contribution >= 4 is 15.9 Å². The number of nitrogens with zero attached hydrogens (tertiary/aromatic N) is 1. The predicted molar refractivity (Wildman–Crippen MR) is 37.0 cm³/mol. The molecule has 0 radical (unpaired) electrons. The van der Waals surface area contributed by atoms with Crippen LogP contribution in [0.4, 0.5) is 0 Å². The summed E-state index contributed by atoms with van der Waals surface area (Å²) in [7, 11) is -1.59. The maximum atomic E-state index is 10.4. The minimum absolute atomic E-state index is 0.400. The molecule has 0 aliphatic heterocycles. The van der Waals surface area contributed by atoms with Crippen molar-refractivity contribution in [2.24, 2.45) is 4.99 Å². The van der Waals surface area contributed by atoms with E-state index in [1.54, 1.807) is 6.92 Å². The second-order valence-corrected chi connectivity index (χ2v) is 3.43. The van der Waals surface area contributed by atoms with E-state index in [2.05, 4.69) is 9.71 Å². The molecule has 0 aromatic heterocycles.